The molecule has 0 fully saturated rings. The van der Waals surface area contributed by atoms with Crippen LogP contribution < -0.4 is 5.32 Å². The maximum absolute atomic E-state index is 9.14. The Morgan fingerprint density at radius 3 is 2.08 bits per heavy atom. The monoisotopic (exact) mass is 188 g/mol. The first-order valence-electron chi connectivity index (χ1n) is 4.99. The Morgan fingerprint density at radius 1 is 1.23 bits per heavy atom. The molecule has 0 radical (unpaired) electrons. The van der Waals surface area contributed by atoms with Gasteiger partial charge < -0.3 is 15.3 Å². The fourth-order valence-electron chi connectivity index (χ4n) is 1.23. The molecule has 3 nitrogen and oxygen atoms in total. The number of aliphatic hydroxyl groups is 1. The maximum atomic E-state index is 9.14. The molecule has 80 valence electrons. The van der Waals surface area contributed by atoms with E-state index in [1.807, 2.05) is 0 Å². The third-order valence-electron chi connectivity index (χ3n) is 2.04. The van der Waals surface area contributed by atoms with Gasteiger partial charge in [-0.2, -0.15) is 0 Å². The Morgan fingerprint density at radius 2 is 1.77 bits per heavy atom. The van der Waals surface area contributed by atoms with Crippen molar-refractivity contribution in [1.82, 2.24) is 10.2 Å². The van der Waals surface area contributed by atoms with Crippen LogP contribution in [0, 0.1) is 5.92 Å². The highest BCUT2D eigenvalue weighted by Gasteiger charge is 2.13. The van der Waals surface area contributed by atoms with E-state index in [9.17, 15) is 0 Å². The summed E-state index contributed by atoms with van der Waals surface area (Å²) < 4.78 is 0. The van der Waals surface area contributed by atoms with Crippen molar-refractivity contribution in [2.24, 2.45) is 5.92 Å². The second-order valence-electron chi connectivity index (χ2n) is 4.37. The standard InChI is InChI=1S/C10H24N2O/c1-8(2)10(7-12(4)5)11-6-9(3)13/h8-11,13H,6-7H2,1-5H3/t9-,10?/m0/s1. The molecule has 0 bridgehead atoms. The van der Waals surface area contributed by atoms with Crippen molar-refractivity contribution < 1.29 is 5.11 Å². The first-order chi connectivity index (χ1) is 5.93. The molecule has 3 heteroatoms. The van der Waals surface area contributed by atoms with E-state index in [-0.39, 0.29) is 6.10 Å². The highest BCUT2D eigenvalue weighted by molar-refractivity contribution is 4.73. The van der Waals surface area contributed by atoms with E-state index in [1.54, 1.807) is 6.92 Å². The third kappa shape index (κ3) is 6.99. The lowest BCUT2D eigenvalue weighted by Crippen LogP contribution is -2.44. The number of hydrogen-bond donors (Lipinski definition) is 2. The second kappa shape index (κ2) is 6.35. The van der Waals surface area contributed by atoms with Crippen LogP contribution in [0.2, 0.25) is 0 Å². The van der Waals surface area contributed by atoms with Gasteiger partial charge in [0, 0.05) is 19.1 Å². The molecule has 0 aromatic rings. The maximum Gasteiger partial charge on any atom is 0.0636 e. The lowest BCUT2D eigenvalue weighted by atomic mass is 10.0. The van der Waals surface area contributed by atoms with E-state index in [1.165, 1.54) is 0 Å². The predicted octanol–water partition coefficient (Wildman–Crippen LogP) is 0.543. The number of nitrogens with zero attached hydrogens (tertiary/aromatic N) is 1. The molecule has 0 spiro atoms. The molecule has 0 saturated heterocycles. The molecule has 2 N–H and O–H groups in total. The van der Waals surface area contributed by atoms with Gasteiger partial charge in [-0.15, -0.1) is 0 Å². The first-order valence-corrected chi connectivity index (χ1v) is 4.99. The molecule has 0 aromatic carbocycles. The summed E-state index contributed by atoms with van der Waals surface area (Å²) >= 11 is 0. The van der Waals surface area contributed by atoms with E-state index in [4.69, 9.17) is 5.11 Å². The van der Waals surface area contributed by atoms with Gasteiger partial charge in [-0.05, 0) is 26.9 Å². The Kier molecular flexibility index (Phi) is 6.29. The highest BCUT2D eigenvalue weighted by Crippen LogP contribution is 2.02. The summed E-state index contributed by atoms with van der Waals surface area (Å²) in [5.74, 6) is 0.598. The minimum Gasteiger partial charge on any atom is -0.392 e. The topological polar surface area (TPSA) is 35.5 Å². The van der Waals surface area contributed by atoms with Crippen molar-refractivity contribution in [2.75, 3.05) is 27.2 Å². The van der Waals surface area contributed by atoms with Crippen LogP contribution in [0.4, 0.5) is 0 Å². The molecule has 0 saturated carbocycles. The second-order valence-corrected chi connectivity index (χ2v) is 4.37. The fourth-order valence-corrected chi connectivity index (χ4v) is 1.23. The van der Waals surface area contributed by atoms with E-state index < -0.39 is 0 Å². The summed E-state index contributed by atoms with van der Waals surface area (Å²) in [4.78, 5) is 2.17. The predicted molar refractivity (Wildman–Crippen MR) is 56.9 cm³/mol. The zero-order valence-corrected chi connectivity index (χ0v) is 9.54. The van der Waals surface area contributed by atoms with Crippen LogP contribution in [0.5, 0.6) is 0 Å². The van der Waals surface area contributed by atoms with Crippen molar-refractivity contribution in [2.45, 2.75) is 32.9 Å². The number of rotatable bonds is 6. The highest BCUT2D eigenvalue weighted by atomic mass is 16.3. The van der Waals surface area contributed by atoms with Gasteiger partial charge in [-0.1, -0.05) is 13.8 Å². The summed E-state index contributed by atoms with van der Waals surface area (Å²) in [6, 6.07) is 0.463. The van der Waals surface area contributed by atoms with Crippen molar-refractivity contribution in [3.63, 3.8) is 0 Å². The minimum absolute atomic E-state index is 0.261. The van der Waals surface area contributed by atoms with Crippen molar-refractivity contribution in [1.29, 1.82) is 0 Å². The molecular weight excluding hydrogens is 164 g/mol. The number of hydrogen-bond acceptors (Lipinski definition) is 3. The van der Waals surface area contributed by atoms with E-state index in [0.717, 1.165) is 6.54 Å². The molecule has 0 aliphatic heterocycles. The summed E-state index contributed by atoms with van der Waals surface area (Å²) in [6.45, 7) is 7.90. The average Bonchev–Trinajstić information content (AvgIpc) is 1.96. The van der Waals surface area contributed by atoms with E-state index in [2.05, 4.69) is 38.2 Å². The van der Waals surface area contributed by atoms with Gasteiger partial charge in [0.25, 0.3) is 0 Å². The lowest BCUT2D eigenvalue weighted by Gasteiger charge is -2.26. The lowest BCUT2D eigenvalue weighted by molar-refractivity contribution is 0.175. The quantitative estimate of drug-likeness (QED) is 0.639. The van der Waals surface area contributed by atoms with E-state index in [0.29, 0.717) is 18.5 Å². The normalized spacial score (nSPS) is 16.6. The van der Waals surface area contributed by atoms with Gasteiger partial charge in [0.1, 0.15) is 0 Å². The smallest absolute Gasteiger partial charge is 0.0636 e. The molecule has 0 aromatic heterocycles. The van der Waals surface area contributed by atoms with Crippen LogP contribution in [0.3, 0.4) is 0 Å². The fraction of sp³-hybridized carbons (Fsp3) is 1.00. The van der Waals surface area contributed by atoms with Gasteiger partial charge in [0.05, 0.1) is 6.10 Å². The van der Waals surface area contributed by atoms with Gasteiger partial charge in [-0.3, -0.25) is 0 Å². The van der Waals surface area contributed by atoms with E-state index >= 15 is 0 Å². The summed E-state index contributed by atoms with van der Waals surface area (Å²) in [7, 11) is 4.14. The molecule has 0 aliphatic carbocycles. The third-order valence-corrected chi connectivity index (χ3v) is 2.04. The largest absolute Gasteiger partial charge is 0.392 e. The molecule has 0 rings (SSSR count). The van der Waals surface area contributed by atoms with Crippen molar-refractivity contribution >= 4 is 0 Å². The minimum atomic E-state index is -0.261. The van der Waals surface area contributed by atoms with Gasteiger partial charge in [-0.25, -0.2) is 0 Å². The van der Waals surface area contributed by atoms with Crippen LogP contribution in [0.15, 0.2) is 0 Å². The molecule has 0 heterocycles. The summed E-state index contributed by atoms with van der Waals surface area (Å²) in [6.07, 6.45) is -0.261. The van der Waals surface area contributed by atoms with Crippen molar-refractivity contribution in [3.8, 4) is 0 Å². The summed E-state index contributed by atoms with van der Waals surface area (Å²) in [5, 5.41) is 12.5. The molecule has 13 heavy (non-hydrogen) atoms. The Labute approximate surface area is 82.1 Å². The zero-order chi connectivity index (χ0) is 10.4. The zero-order valence-electron chi connectivity index (χ0n) is 9.54. The van der Waals surface area contributed by atoms with Crippen molar-refractivity contribution in [3.05, 3.63) is 0 Å². The van der Waals surface area contributed by atoms with Gasteiger partial charge >= 0.3 is 0 Å². The molecule has 1 unspecified atom stereocenters. The SMILES string of the molecule is CC(C)C(CN(C)C)NC[C@H](C)O. The molecule has 0 aliphatic rings. The summed E-state index contributed by atoms with van der Waals surface area (Å²) in [5.41, 5.74) is 0. The number of aliphatic hydroxyl groups excluding tert-OH is 1. The Hall–Kier alpha value is -0.120. The first kappa shape index (κ1) is 12.9. The Bertz CT molecular complexity index is 124. The van der Waals surface area contributed by atoms with Crippen LogP contribution >= 0.6 is 0 Å². The van der Waals surface area contributed by atoms with Crippen LogP contribution in [0.25, 0.3) is 0 Å². The number of nitrogens with one attached hydrogen (secondary N) is 1. The molecule has 2 atom stereocenters. The van der Waals surface area contributed by atoms with Crippen LogP contribution in [-0.2, 0) is 0 Å². The number of likely N-dealkylation sites (N-methyl/N-ethyl adjacent to an activating group) is 1. The molecule has 0 amide bonds. The van der Waals surface area contributed by atoms with Crippen LogP contribution in [-0.4, -0.2) is 49.3 Å². The average molecular weight is 188 g/mol. The molecular formula is C10H24N2O. The van der Waals surface area contributed by atoms with Gasteiger partial charge in [0.2, 0.25) is 0 Å². The Balaban J connectivity index is 3.81. The van der Waals surface area contributed by atoms with Gasteiger partial charge in [0.15, 0.2) is 0 Å². The van der Waals surface area contributed by atoms with Crippen LogP contribution in [0.1, 0.15) is 20.8 Å².